The predicted octanol–water partition coefficient (Wildman–Crippen LogP) is -0.186. The Kier molecular flexibility index (Phi) is 5.34. The Labute approximate surface area is 111 Å². The highest BCUT2D eigenvalue weighted by molar-refractivity contribution is 5.98. The van der Waals surface area contributed by atoms with Crippen LogP contribution in [0.4, 0.5) is 4.79 Å². The molecule has 1 amide bonds. The van der Waals surface area contributed by atoms with Crippen LogP contribution in [0.25, 0.3) is 0 Å². The number of amides is 1. The second-order valence-corrected chi connectivity index (χ2v) is 3.94. The number of nitrogens with one attached hydrogen (secondary N) is 1. The number of guanidine groups is 2. The highest BCUT2D eigenvalue weighted by Gasteiger charge is 2.09. The van der Waals surface area contributed by atoms with Gasteiger partial charge in [-0.1, -0.05) is 30.3 Å². The van der Waals surface area contributed by atoms with Crippen molar-refractivity contribution in [3.05, 3.63) is 35.9 Å². The van der Waals surface area contributed by atoms with Crippen molar-refractivity contribution >= 4 is 18.0 Å². The third-order valence-corrected chi connectivity index (χ3v) is 2.14. The van der Waals surface area contributed by atoms with E-state index in [9.17, 15) is 4.79 Å². The highest BCUT2D eigenvalue weighted by Crippen LogP contribution is 2.00. The number of rotatable bonds is 2. The maximum atomic E-state index is 11.4. The van der Waals surface area contributed by atoms with Crippen LogP contribution in [-0.4, -0.2) is 36.7 Å². The van der Waals surface area contributed by atoms with E-state index < -0.39 is 6.09 Å². The molecule has 0 heterocycles. The van der Waals surface area contributed by atoms with Gasteiger partial charge in [0.2, 0.25) is 0 Å². The van der Waals surface area contributed by atoms with Crippen molar-refractivity contribution in [2.75, 3.05) is 14.1 Å². The van der Waals surface area contributed by atoms with E-state index in [0.29, 0.717) is 0 Å². The quantitative estimate of drug-likeness (QED) is 0.391. The number of aliphatic imine (C=N–C) groups is 1. The van der Waals surface area contributed by atoms with Crippen LogP contribution in [0.1, 0.15) is 5.56 Å². The minimum Gasteiger partial charge on any atom is -0.444 e. The van der Waals surface area contributed by atoms with Crippen LogP contribution >= 0.6 is 0 Å². The molecule has 0 aromatic heterocycles. The molecule has 0 fully saturated rings. The summed E-state index contributed by atoms with van der Waals surface area (Å²) in [4.78, 5) is 15.2. The molecule has 102 valence electrons. The maximum Gasteiger partial charge on any atom is 0.415 e. The number of carbonyl (C=O) groups is 1. The average Bonchev–Trinajstić information content (AvgIpc) is 2.37. The third kappa shape index (κ3) is 5.53. The molecule has 0 atom stereocenters. The van der Waals surface area contributed by atoms with Crippen LogP contribution in [-0.2, 0) is 11.3 Å². The zero-order valence-corrected chi connectivity index (χ0v) is 11.0. The molecule has 0 saturated carbocycles. The van der Waals surface area contributed by atoms with E-state index in [2.05, 4.69) is 10.3 Å². The van der Waals surface area contributed by atoms with Crippen LogP contribution in [0, 0.1) is 0 Å². The largest absolute Gasteiger partial charge is 0.444 e. The lowest BCUT2D eigenvalue weighted by atomic mass is 10.2. The number of hydrogen-bond acceptors (Lipinski definition) is 2. The van der Waals surface area contributed by atoms with E-state index >= 15 is 0 Å². The summed E-state index contributed by atoms with van der Waals surface area (Å²) in [6, 6.07) is 9.30. The number of ether oxygens (including phenoxy) is 1. The summed E-state index contributed by atoms with van der Waals surface area (Å²) < 4.78 is 6.53. The number of nitrogens with two attached hydrogens (primary N) is 2. The molecule has 0 unspecified atom stereocenters. The van der Waals surface area contributed by atoms with Crippen LogP contribution in [0.2, 0.25) is 0 Å². The van der Waals surface area contributed by atoms with Gasteiger partial charge in [-0.25, -0.2) is 10.1 Å². The summed E-state index contributed by atoms with van der Waals surface area (Å²) >= 11 is 0. The molecule has 1 aromatic rings. The van der Waals surface area contributed by atoms with Gasteiger partial charge in [-0.05, 0) is 10.6 Å². The van der Waals surface area contributed by atoms with Gasteiger partial charge < -0.3 is 10.5 Å². The van der Waals surface area contributed by atoms with Gasteiger partial charge in [-0.2, -0.15) is 0 Å². The fraction of sp³-hybridized carbons (Fsp3) is 0.250. The second kappa shape index (κ2) is 7.00. The van der Waals surface area contributed by atoms with Gasteiger partial charge in [0.05, 0.1) is 14.1 Å². The first-order chi connectivity index (χ1) is 8.99. The van der Waals surface area contributed by atoms with E-state index in [1.165, 1.54) is 0 Å². The number of hydrogen-bond donors (Lipinski definition) is 3. The molecule has 0 aliphatic carbocycles. The highest BCUT2D eigenvalue weighted by atomic mass is 16.5. The fourth-order valence-electron chi connectivity index (χ4n) is 1.12. The maximum absolute atomic E-state index is 11.4. The molecule has 1 rings (SSSR count). The Hall–Kier alpha value is -2.57. The van der Waals surface area contributed by atoms with Crippen LogP contribution in [0.15, 0.2) is 35.3 Å². The normalized spacial score (nSPS) is 10.7. The lowest BCUT2D eigenvalue weighted by Gasteiger charge is -2.04. The molecule has 0 bridgehead atoms. The number of alkyl carbamates (subject to hydrolysis) is 1. The third-order valence-electron chi connectivity index (χ3n) is 2.14. The Morgan fingerprint density at radius 3 is 2.53 bits per heavy atom. The molecule has 7 nitrogen and oxygen atoms in total. The predicted molar refractivity (Wildman–Crippen MR) is 72.7 cm³/mol. The van der Waals surface area contributed by atoms with Crippen molar-refractivity contribution in [3.8, 4) is 0 Å². The first-order valence-electron chi connectivity index (χ1n) is 5.60. The standard InChI is InChI=1S/C12H17N5O2/c1-17(2)11(14)15-10(13)16-12(18)19-8-9-6-4-3-5-7-9/h3-7H,8H2,1-2H3,(H4,13,14,15,16,18)/p+1. The Morgan fingerprint density at radius 1 is 1.32 bits per heavy atom. The SMILES string of the molecule is C[N+](C)=C(N)/N=C(\N)NC(=O)OCc1ccccc1. The number of benzene rings is 1. The van der Waals surface area contributed by atoms with Gasteiger partial charge >= 0.3 is 12.1 Å². The van der Waals surface area contributed by atoms with E-state index in [4.69, 9.17) is 16.2 Å². The summed E-state index contributed by atoms with van der Waals surface area (Å²) in [5, 5.41) is 2.28. The van der Waals surface area contributed by atoms with E-state index in [1.54, 1.807) is 18.7 Å². The zero-order chi connectivity index (χ0) is 14.3. The monoisotopic (exact) mass is 264 g/mol. The number of carbonyl (C=O) groups excluding carboxylic acids is 1. The average molecular weight is 264 g/mol. The fourth-order valence-corrected chi connectivity index (χ4v) is 1.12. The summed E-state index contributed by atoms with van der Waals surface area (Å²) in [6.45, 7) is 0.160. The lowest BCUT2D eigenvalue weighted by molar-refractivity contribution is -0.466. The van der Waals surface area contributed by atoms with Gasteiger partial charge in [0.25, 0.3) is 5.96 Å². The van der Waals surface area contributed by atoms with Crippen molar-refractivity contribution < 1.29 is 14.1 Å². The smallest absolute Gasteiger partial charge is 0.415 e. The zero-order valence-electron chi connectivity index (χ0n) is 11.0. The van der Waals surface area contributed by atoms with Crippen molar-refractivity contribution in [1.82, 2.24) is 5.32 Å². The molecule has 0 radical (unpaired) electrons. The van der Waals surface area contributed by atoms with Gasteiger partial charge in [-0.3, -0.25) is 10.3 Å². The number of nitrogens with zero attached hydrogens (tertiary/aromatic N) is 2. The van der Waals surface area contributed by atoms with Crippen LogP contribution in [0.5, 0.6) is 0 Å². The minimum atomic E-state index is -0.684. The van der Waals surface area contributed by atoms with E-state index in [1.807, 2.05) is 30.3 Å². The second-order valence-electron chi connectivity index (χ2n) is 3.94. The summed E-state index contributed by atoms with van der Waals surface area (Å²) in [7, 11) is 3.42. The van der Waals surface area contributed by atoms with Gasteiger partial charge in [0.15, 0.2) is 0 Å². The van der Waals surface area contributed by atoms with Gasteiger partial charge in [-0.15, -0.1) is 0 Å². The molecule has 0 aliphatic heterocycles. The van der Waals surface area contributed by atoms with Crippen molar-refractivity contribution in [2.24, 2.45) is 16.5 Å². The summed E-state index contributed by atoms with van der Waals surface area (Å²) in [6.07, 6.45) is -0.684. The molecule has 0 aliphatic rings. The van der Waals surface area contributed by atoms with E-state index in [0.717, 1.165) is 5.56 Å². The molecule has 19 heavy (non-hydrogen) atoms. The van der Waals surface area contributed by atoms with Crippen LogP contribution in [0.3, 0.4) is 0 Å². The van der Waals surface area contributed by atoms with Crippen molar-refractivity contribution in [3.63, 3.8) is 0 Å². The topological polar surface area (TPSA) is 106 Å². The summed E-state index contributed by atoms with van der Waals surface area (Å²) in [5.74, 6) is 0.0603. The summed E-state index contributed by atoms with van der Waals surface area (Å²) in [5.41, 5.74) is 11.9. The molecular formula is C12H18N5O2+. The Bertz CT molecular complexity index is 492. The minimum absolute atomic E-state index is 0.121. The van der Waals surface area contributed by atoms with Gasteiger partial charge in [0.1, 0.15) is 6.61 Å². The van der Waals surface area contributed by atoms with Crippen molar-refractivity contribution in [2.45, 2.75) is 6.61 Å². The Balaban J connectivity index is 2.46. The Morgan fingerprint density at radius 2 is 1.95 bits per heavy atom. The molecule has 1 aromatic carbocycles. The lowest BCUT2D eigenvalue weighted by Crippen LogP contribution is -2.39. The van der Waals surface area contributed by atoms with Crippen molar-refractivity contribution in [1.29, 1.82) is 0 Å². The molecular weight excluding hydrogens is 246 g/mol. The van der Waals surface area contributed by atoms with E-state index in [-0.39, 0.29) is 18.5 Å². The van der Waals surface area contributed by atoms with Crippen LogP contribution < -0.4 is 16.8 Å². The molecule has 0 spiro atoms. The van der Waals surface area contributed by atoms with Gasteiger partial charge in [0, 0.05) is 0 Å². The molecule has 0 saturated heterocycles. The molecule has 7 heteroatoms. The first kappa shape index (κ1) is 14.5. The molecule has 5 N–H and O–H groups in total. The first-order valence-corrected chi connectivity index (χ1v) is 5.60.